The topological polar surface area (TPSA) is 182 Å². The second-order valence-corrected chi connectivity index (χ2v) is 19.2. The number of amides is 6. The Labute approximate surface area is 447 Å². The number of thiocarbonyl (C=S) groups is 1. The van der Waals surface area contributed by atoms with Gasteiger partial charge in [-0.25, -0.2) is 0 Å². The van der Waals surface area contributed by atoms with E-state index in [4.69, 9.17) is 21.7 Å². The molecule has 0 bridgehead atoms. The predicted molar refractivity (Wildman–Crippen MR) is 298 cm³/mol. The number of piperidine rings is 2. The fraction of sp³-hybridized carbons (Fsp3) is 0.466. The van der Waals surface area contributed by atoms with Gasteiger partial charge in [0.05, 0.1) is 44.0 Å². The van der Waals surface area contributed by atoms with Crippen molar-refractivity contribution in [2.45, 2.75) is 104 Å². The lowest BCUT2D eigenvalue weighted by Gasteiger charge is -2.33. The van der Waals surface area contributed by atoms with Gasteiger partial charge in [0.1, 0.15) is 6.04 Å². The van der Waals surface area contributed by atoms with Gasteiger partial charge in [0.25, 0.3) is 11.8 Å². The van der Waals surface area contributed by atoms with Crippen molar-refractivity contribution in [3.8, 4) is 0 Å². The number of nitrogens with one attached hydrogen (secondary N) is 4. The van der Waals surface area contributed by atoms with E-state index in [0.29, 0.717) is 61.3 Å². The third-order valence-electron chi connectivity index (χ3n) is 13.8. The Morgan fingerprint density at radius 3 is 2.12 bits per heavy atom. The first-order chi connectivity index (χ1) is 36.5. The smallest absolute Gasteiger partial charge is 0.264 e. The van der Waals surface area contributed by atoms with Gasteiger partial charge in [0.15, 0.2) is 5.11 Å². The molecule has 1 aliphatic carbocycles. The van der Waals surface area contributed by atoms with Crippen LogP contribution in [-0.4, -0.2) is 145 Å². The molecule has 17 heteroatoms. The zero-order valence-electron chi connectivity index (χ0n) is 44.2. The number of allylic oxidation sites excluding steroid dienone is 1. The molecule has 4 aromatic rings. The van der Waals surface area contributed by atoms with Gasteiger partial charge in [-0.3, -0.25) is 43.9 Å². The first-order valence-electron chi connectivity index (χ1n) is 26.8. The number of fused-ring (bicyclic) bond motifs is 2. The van der Waals surface area contributed by atoms with Gasteiger partial charge in [-0.15, -0.1) is 0 Å². The summed E-state index contributed by atoms with van der Waals surface area (Å²) < 4.78 is 11.3. The standard InChI is InChI=1S/C29H39N5O6.C15H16N2OS.C12H15NO.C2H6/c35-25-8-7-24(27(36)32-25)34-28(37)22-5-2-6-23(26(22)29(34)38)31-21-9-12-33(13-10-21)14-16-40-18-17-39-15-11-30-19-20-3-1-4-20;1-3-17(10-18)15(19)16-14-9-13-7-5-4-6-12(13)8-11(14)2;14-12(13-8-4-5-9-13)10-11-6-2-1-3-7-11;1-2/h2,5-6,19,21,24,30-31H,1,3-4,7-18H2,(H,32,35,36);4-10H,3H2,1-2H3,(H,16,19);1-3,6-7H,4-5,8-10H2;1-2H3. The molecule has 4 aromatic carbocycles. The summed E-state index contributed by atoms with van der Waals surface area (Å²) in [6, 6.07) is 26.6. The van der Waals surface area contributed by atoms with Crippen LogP contribution in [0.4, 0.5) is 11.4 Å². The van der Waals surface area contributed by atoms with E-state index in [1.165, 1.54) is 48.0 Å². The Hall–Kier alpha value is -6.53. The fourth-order valence-electron chi connectivity index (χ4n) is 9.34. The van der Waals surface area contributed by atoms with Crippen LogP contribution >= 0.6 is 12.2 Å². The lowest BCUT2D eigenvalue weighted by Crippen LogP contribution is -2.54. The highest BCUT2D eigenvalue weighted by atomic mass is 32.1. The average molecular weight is 1050 g/mol. The van der Waals surface area contributed by atoms with Gasteiger partial charge in [-0.2, -0.15) is 0 Å². The second-order valence-electron chi connectivity index (χ2n) is 18.9. The van der Waals surface area contributed by atoms with Gasteiger partial charge in [0.2, 0.25) is 24.1 Å². The summed E-state index contributed by atoms with van der Waals surface area (Å²) in [6.45, 7) is 16.4. The van der Waals surface area contributed by atoms with Crippen LogP contribution in [0.5, 0.6) is 0 Å². The Kier molecular flexibility index (Phi) is 23.2. The SMILES string of the molecule is CC.CCN(C=O)C(=S)Nc1cc2ccccc2cc1C.O=C(Cc1ccccc1)N1CCCC1.O=C1CCC(N2C(=O)c3cccc(NC4CCN(CCOCCOCCNC=C5CCC5)CC4)c3C2=O)C(=O)N1. The van der Waals surface area contributed by atoms with Crippen molar-refractivity contribution in [1.29, 1.82) is 0 Å². The number of aryl methyl sites for hydroxylation is 1. The quantitative estimate of drug-likeness (QED) is 0.0328. The molecule has 0 spiro atoms. The molecule has 402 valence electrons. The lowest BCUT2D eigenvalue weighted by molar-refractivity contribution is -0.136. The molecular weight excluding hydrogens is 969 g/mol. The Morgan fingerprint density at radius 2 is 1.47 bits per heavy atom. The first kappa shape index (κ1) is 57.7. The highest BCUT2D eigenvalue weighted by molar-refractivity contribution is 7.80. The number of imide groups is 2. The van der Waals surface area contributed by atoms with E-state index >= 15 is 0 Å². The van der Waals surface area contributed by atoms with E-state index in [1.807, 2.05) is 81.1 Å². The van der Waals surface area contributed by atoms with Gasteiger partial charge < -0.3 is 35.2 Å². The largest absolute Gasteiger partial charge is 0.389 e. The number of hydrogen-bond donors (Lipinski definition) is 4. The molecule has 1 saturated carbocycles. The zero-order chi connectivity index (χ0) is 53.5. The Balaban J connectivity index is 0.000000214. The van der Waals surface area contributed by atoms with Crippen LogP contribution in [0.1, 0.15) is 110 Å². The molecule has 1 atom stereocenters. The van der Waals surface area contributed by atoms with Crippen molar-refractivity contribution in [2.75, 3.05) is 82.9 Å². The van der Waals surface area contributed by atoms with E-state index in [9.17, 15) is 28.8 Å². The molecular formula is C58H76N8O8S. The van der Waals surface area contributed by atoms with Crippen LogP contribution in [-0.2, 0) is 35.1 Å². The van der Waals surface area contributed by atoms with Crippen LogP contribution < -0.4 is 21.3 Å². The number of rotatable bonds is 18. The summed E-state index contributed by atoms with van der Waals surface area (Å²) in [7, 11) is 0. The Bertz CT molecular complexity index is 2590. The summed E-state index contributed by atoms with van der Waals surface area (Å²) in [4.78, 5) is 79.7. The zero-order valence-corrected chi connectivity index (χ0v) is 45.0. The summed E-state index contributed by atoms with van der Waals surface area (Å²) in [5, 5.41) is 14.9. The van der Waals surface area contributed by atoms with Crippen molar-refractivity contribution >= 4 is 75.4 Å². The third-order valence-corrected chi connectivity index (χ3v) is 14.1. The molecule has 0 radical (unpaired) electrons. The number of likely N-dealkylation sites (tertiary alicyclic amines) is 2. The molecule has 4 heterocycles. The van der Waals surface area contributed by atoms with Crippen LogP contribution in [0.3, 0.4) is 0 Å². The molecule has 4 N–H and O–H groups in total. The molecule has 4 fully saturated rings. The van der Waals surface area contributed by atoms with Crippen molar-refractivity contribution in [3.63, 3.8) is 0 Å². The summed E-state index contributed by atoms with van der Waals surface area (Å²) in [5.74, 6) is -1.69. The second kappa shape index (κ2) is 30.1. The first-order valence-corrected chi connectivity index (χ1v) is 27.2. The molecule has 6 amide bonds. The summed E-state index contributed by atoms with van der Waals surface area (Å²) in [6.07, 6.45) is 11.5. The highest BCUT2D eigenvalue weighted by Gasteiger charge is 2.45. The maximum atomic E-state index is 13.3. The minimum absolute atomic E-state index is 0.0999. The molecule has 1 unspecified atom stereocenters. The van der Waals surface area contributed by atoms with Crippen LogP contribution in [0.15, 0.2) is 96.7 Å². The molecule has 16 nitrogen and oxygen atoms in total. The number of benzene rings is 4. The Morgan fingerprint density at radius 1 is 0.787 bits per heavy atom. The number of carbonyl (C=O) groups excluding carboxylic acids is 6. The van der Waals surface area contributed by atoms with Crippen molar-refractivity contribution in [1.82, 2.24) is 30.2 Å². The maximum absolute atomic E-state index is 13.3. The van der Waals surface area contributed by atoms with E-state index in [0.717, 1.165) is 85.6 Å². The molecule has 0 aromatic heterocycles. The fourth-order valence-corrected chi connectivity index (χ4v) is 9.62. The number of ether oxygens (including phenoxy) is 2. The minimum atomic E-state index is -0.966. The van der Waals surface area contributed by atoms with Crippen LogP contribution in [0, 0.1) is 6.92 Å². The van der Waals surface area contributed by atoms with Crippen LogP contribution in [0.2, 0.25) is 0 Å². The maximum Gasteiger partial charge on any atom is 0.264 e. The minimum Gasteiger partial charge on any atom is -0.389 e. The summed E-state index contributed by atoms with van der Waals surface area (Å²) in [5.41, 5.74) is 5.86. The predicted octanol–water partition coefficient (Wildman–Crippen LogP) is 7.86. The molecule has 4 aliphatic heterocycles. The molecule has 5 aliphatic rings. The normalized spacial score (nSPS) is 17.2. The number of carbonyl (C=O) groups is 6. The van der Waals surface area contributed by atoms with E-state index in [-0.39, 0.29) is 30.7 Å². The van der Waals surface area contributed by atoms with E-state index in [2.05, 4.69) is 56.6 Å². The summed E-state index contributed by atoms with van der Waals surface area (Å²) >= 11 is 5.22. The van der Waals surface area contributed by atoms with Gasteiger partial charge in [-0.1, -0.05) is 80.1 Å². The highest BCUT2D eigenvalue weighted by Crippen LogP contribution is 2.33. The van der Waals surface area contributed by atoms with Crippen LogP contribution in [0.25, 0.3) is 10.8 Å². The van der Waals surface area contributed by atoms with Gasteiger partial charge in [-0.05, 0) is 130 Å². The van der Waals surface area contributed by atoms with Gasteiger partial charge >= 0.3 is 0 Å². The monoisotopic (exact) mass is 1040 g/mol. The van der Waals surface area contributed by atoms with Crippen molar-refractivity contribution < 1.29 is 38.2 Å². The number of hydrogen-bond acceptors (Lipinski definition) is 12. The van der Waals surface area contributed by atoms with Gasteiger partial charge in [0, 0.05) is 69.7 Å². The molecule has 3 saturated heterocycles. The van der Waals surface area contributed by atoms with Crippen molar-refractivity contribution in [3.05, 3.63) is 119 Å². The van der Waals surface area contributed by atoms with E-state index < -0.39 is 23.8 Å². The average Bonchev–Trinajstić information content (AvgIpc) is 4.04. The van der Waals surface area contributed by atoms with Crippen molar-refractivity contribution in [2.24, 2.45) is 0 Å². The number of nitrogens with zero attached hydrogens (tertiary/aromatic N) is 4. The molecule has 75 heavy (non-hydrogen) atoms. The lowest BCUT2D eigenvalue weighted by atomic mass is 9.94. The third kappa shape index (κ3) is 16.7. The number of anilines is 2. The molecule has 9 rings (SSSR count). The van der Waals surface area contributed by atoms with E-state index in [1.54, 1.807) is 12.1 Å².